The summed E-state index contributed by atoms with van der Waals surface area (Å²) in [7, 11) is -6.73. The van der Waals surface area contributed by atoms with Crippen LogP contribution in [0, 0.1) is 5.92 Å². The van der Waals surface area contributed by atoms with Gasteiger partial charge < -0.3 is 5.11 Å². The maximum atomic E-state index is 11.8. The van der Waals surface area contributed by atoms with Crippen LogP contribution in [-0.2, 0) is 19.9 Å². The summed E-state index contributed by atoms with van der Waals surface area (Å²) in [5, 5.41) is 8.78. The summed E-state index contributed by atoms with van der Waals surface area (Å²) in [4.78, 5) is 0. The Bertz CT molecular complexity index is 442. The fourth-order valence-electron chi connectivity index (χ4n) is 1.85. The van der Waals surface area contributed by atoms with Crippen molar-refractivity contribution < 1.29 is 21.9 Å². The van der Waals surface area contributed by atoms with E-state index in [0.717, 1.165) is 12.7 Å². The average molecular weight is 285 g/mol. The number of nitrogens with zero attached hydrogens (tertiary/aromatic N) is 1. The molecule has 1 unspecified atom stereocenters. The van der Waals surface area contributed by atoms with Gasteiger partial charge in [-0.3, -0.25) is 0 Å². The Morgan fingerprint density at radius 1 is 1.24 bits per heavy atom. The molecule has 0 spiro atoms. The van der Waals surface area contributed by atoms with E-state index in [-0.39, 0.29) is 24.0 Å². The largest absolute Gasteiger partial charge is 0.396 e. The Morgan fingerprint density at radius 2 is 1.88 bits per heavy atom. The standard InChI is InChI=1S/C9H19NO5S2/c1-16(12,13)6-7-17(14,15)10-4-2-9(8-10)3-5-11/h9,11H,2-8H2,1H3. The summed E-state index contributed by atoms with van der Waals surface area (Å²) in [6.45, 7) is 0.880. The molecule has 8 heteroatoms. The first-order chi connectivity index (χ1) is 7.74. The summed E-state index contributed by atoms with van der Waals surface area (Å²) in [6, 6.07) is 0. The van der Waals surface area contributed by atoms with Gasteiger partial charge in [-0.25, -0.2) is 21.1 Å². The van der Waals surface area contributed by atoms with Gasteiger partial charge in [0.05, 0.1) is 11.5 Å². The monoisotopic (exact) mass is 285 g/mol. The lowest BCUT2D eigenvalue weighted by Crippen LogP contribution is -2.33. The highest BCUT2D eigenvalue weighted by atomic mass is 32.2. The SMILES string of the molecule is CS(=O)(=O)CCS(=O)(=O)N1CCC(CCO)C1. The third kappa shape index (κ3) is 4.90. The lowest BCUT2D eigenvalue weighted by Gasteiger charge is -2.16. The first-order valence-corrected chi connectivity index (χ1v) is 9.18. The van der Waals surface area contributed by atoms with Gasteiger partial charge in [-0.1, -0.05) is 0 Å². The minimum Gasteiger partial charge on any atom is -0.396 e. The Kier molecular flexibility index (Phi) is 4.94. The van der Waals surface area contributed by atoms with E-state index in [0.29, 0.717) is 19.5 Å². The molecule has 0 saturated carbocycles. The molecular formula is C9H19NO5S2. The fourth-order valence-corrected chi connectivity index (χ4v) is 4.99. The number of rotatable bonds is 6. The number of hydrogen-bond acceptors (Lipinski definition) is 5. The zero-order chi connectivity index (χ0) is 13.1. The van der Waals surface area contributed by atoms with E-state index in [1.807, 2.05) is 0 Å². The van der Waals surface area contributed by atoms with Gasteiger partial charge in [0.1, 0.15) is 9.84 Å². The summed E-state index contributed by atoms with van der Waals surface area (Å²) in [5.41, 5.74) is 0. The van der Waals surface area contributed by atoms with Gasteiger partial charge >= 0.3 is 0 Å². The minimum atomic E-state index is -3.47. The van der Waals surface area contributed by atoms with E-state index in [1.54, 1.807) is 0 Å². The van der Waals surface area contributed by atoms with E-state index < -0.39 is 19.9 Å². The van der Waals surface area contributed by atoms with Crippen molar-refractivity contribution in [2.75, 3.05) is 37.5 Å². The molecule has 0 amide bonds. The molecule has 0 radical (unpaired) electrons. The van der Waals surface area contributed by atoms with Gasteiger partial charge in [0, 0.05) is 26.0 Å². The normalized spacial score (nSPS) is 23.1. The molecule has 0 aliphatic carbocycles. The zero-order valence-corrected chi connectivity index (χ0v) is 11.5. The highest BCUT2D eigenvalue weighted by Crippen LogP contribution is 2.22. The Labute approximate surface area is 103 Å². The maximum absolute atomic E-state index is 11.8. The van der Waals surface area contributed by atoms with E-state index in [9.17, 15) is 16.8 Å². The van der Waals surface area contributed by atoms with Crippen molar-refractivity contribution in [1.29, 1.82) is 0 Å². The first-order valence-electron chi connectivity index (χ1n) is 5.51. The molecule has 0 aromatic carbocycles. The number of sulfone groups is 1. The molecule has 1 heterocycles. The Hall–Kier alpha value is -0.180. The Morgan fingerprint density at radius 3 is 2.41 bits per heavy atom. The van der Waals surface area contributed by atoms with Crippen molar-refractivity contribution in [2.45, 2.75) is 12.8 Å². The van der Waals surface area contributed by atoms with Crippen molar-refractivity contribution in [3.63, 3.8) is 0 Å². The van der Waals surface area contributed by atoms with Crippen LogP contribution in [0.2, 0.25) is 0 Å². The van der Waals surface area contributed by atoms with Crippen LogP contribution < -0.4 is 0 Å². The number of sulfonamides is 1. The quantitative estimate of drug-likeness (QED) is 0.680. The van der Waals surface area contributed by atoms with Gasteiger partial charge in [0.2, 0.25) is 10.0 Å². The van der Waals surface area contributed by atoms with Gasteiger partial charge in [-0.15, -0.1) is 0 Å². The van der Waals surface area contributed by atoms with Crippen LogP contribution in [-0.4, -0.2) is 63.7 Å². The van der Waals surface area contributed by atoms with E-state index in [4.69, 9.17) is 5.11 Å². The maximum Gasteiger partial charge on any atom is 0.215 e. The average Bonchev–Trinajstić information content (AvgIpc) is 2.64. The molecular weight excluding hydrogens is 266 g/mol. The summed E-state index contributed by atoms with van der Waals surface area (Å²) in [5.74, 6) is -0.498. The van der Waals surface area contributed by atoms with E-state index >= 15 is 0 Å². The highest BCUT2D eigenvalue weighted by Gasteiger charge is 2.31. The van der Waals surface area contributed by atoms with Crippen LogP contribution in [0.5, 0.6) is 0 Å². The number of aliphatic hydroxyl groups excluding tert-OH is 1. The van der Waals surface area contributed by atoms with Crippen molar-refractivity contribution >= 4 is 19.9 Å². The molecule has 0 aromatic heterocycles. The van der Waals surface area contributed by atoms with Gasteiger partial charge in [0.25, 0.3) is 0 Å². The molecule has 102 valence electrons. The van der Waals surface area contributed by atoms with E-state index in [2.05, 4.69) is 0 Å². The third-order valence-electron chi connectivity index (χ3n) is 2.89. The summed E-state index contributed by atoms with van der Waals surface area (Å²) in [6.07, 6.45) is 2.36. The molecule has 1 saturated heterocycles. The van der Waals surface area contributed by atoms with Crippen LogP contribution >= 0.6 is 0 Å². The van der Waals surface area contributed by atoms with Crippen LogP contribution in [0.15, 0.2) is 0 Å². The number of aliphatic hydroxyl groups is 1. The smallest absolute Gasteiger partial charge is 0.215 e. The molecule has 1 aliphatic rings. The van der Waals surface area contributed by atoms with Gasteiger partial charge in [-0.05, 0) is 18.8 Å². The van der Waals surface area contributed by atoms with Gasteiger partial charge in [0.15, 0.2) is 0 Å². The van der Waals surface area contributed by atoms with Crippen molar-refractivity contribution in [3.05, 3.63) is 0 Å². The zero-order valence-electron chi connectivity index (χ0n) is 9.87. The Balaban J connectivity index is 2.55. The van der Waals surface area contributed by atoms with Crippen molar-refractivity contribution in [2.24, 2.45) is 5.92 Å². The van der Waals surface area contributed by atoms with Crippen molar-refractivity contribution in [1.82, 2.24) is 4.31 Å². The second kappa shape index (κ2) is 5.64. The van der Waals surface area contributed by atoms with Crippen LogP contribution in [0.3, 0.4) is 0 Å². The van der Waals surface area contributed by atoms with Gasteiger partial charge in [-0.2, -0.15) is 0 Å². The topological polar surface area (TPSA) is 91.8 Å². The fraction of sp³-hybridized carbons (Fsp3) is 1.00. The van der Waals surface area contributed by atoms with Crippen molar-refractivity contribution in [3.8, 4) is 0 Å². The van der Waals surface area contributed by atoms with Crippen LogP contribution in [0.4, 0.5) is 0 Å². The predicted molar refractivity (Wildman–Crippen MR) is 64.9 cm³/mol. The lowest BCUT2D eigenvalue weighted by molar-refractivity contribution is 0.260. The summed E-state index contributed by atoms with van der Waals surface area (Å²) < 4.78 is 46.9. The molecule has 1 fully saturated rings. The van der Waals surface area contributed by atoms with Crippen LogP contribution in [0.1, 0.15) is 12.8 Å². The second-order valence-corrected chi connectivity index (χ2v) is 8.82. The molecule has 0 bridgehead atoms. The third-order valence-corrected chi connectivity index (χ3v) is 5.93. The summed E-state index contributed by atoms with van der Waals surface area (Å²) >= 11 is 0. The van der Waals surface area contributed by atoms with Crippen LogP contribution in [0.25, 0.3) is 0 Å². The molecule has 6 nitrogen and oxygen atoms in total. The first kappa shape index (κ1) is 14.9. The molecule has 17 heavy (non-hydrogen) atoms. The molecule has 1 aliphatic heterocycles. The molecule has 0 aromatic rings. The second-order valence-electron chi connectivity index (χ2n) is 4.47. The molecule has 1 N–H and O–H groups in total. The molecule has 1 rings (SSSR count). The minimum absolute atomic E-state index is 0.0574. The lowest BCUT2D eigenvalue weighted by atomic mass is 10.1. The highest BCUT2D eigenvalue weighted by molar-refractivity contribution is 7.93. The predicted octanol–water partition coefficient (Wildman–Crippen LogP) is -0.935. The number of hydrogen-bond donors (Lipinski definition) is 1. The molecule has 1 atom stereocenters. The van der Waals surface area contributed by atoms with E-state index in [1.165, 1.54) is 4.31 Å².